The molecule has 0 saturated heterocycles. The van der Waals surface area contributed by atoms with Gasteiger partial charge in [-0.05, 0) is 66.0 Å². The van der Waals surface area contributed by atoms with Gasteiger partial charge in [-0.1, -0.05) is 0 Å². The Morgan fingerprint density at radius 3 is 2.69 bits per heavy atom. The molecule has 1 heterocycles. The van der Waals surface area contributed by atoms with E-state index in [-0.39, 0.29) is 0 Å². The van der Waals surface area contributed by atoms with Crippen molar-refractivity contribution in [3.8, 4) is 0 Å². The lowest BCUT2D eigenvalue weighted by atomic mass is 10.1. The van der Waals surface area contributed by atoms with Gasteiger partial charge in [-0.3, -0.25) is 0 Å². The standard InChI is InChI=1S/C13H15BrN2/c1-4-15-13-9(3)7-10-5-8(2)6-11(14)12(10)16-13/h5-7H,4H2,1-3H3,(H,15,16). The van der Waals surface area contributed by atoms with Crippen LogP contribution in [0.5, 0.6) is 0 Å². The van der Waals surface area contributed by atoms with Crippen LogP contribution in [0, 0.1) is 13.8 Å². The van der Waals surface area contributed by atoms with Crippen LogP contribution < -0.4 is 5.32 Å². The first kappa shape index (κ1) is 11.4. The maximum atomic E-state index is 4.65. The second-order valence-electron chi connectivity index (χ2n) is 4.00. The third-order valence-corrected chi connectivity index (χ3v) is 3.16. The Balaban J connectivity index is 2.69. The Labute approximate surface area is 104 Å². The number of nitrogens with one attached hydrogen (secondary N) is 1. The van der Waals surface area contributed by atoms with E-state index in [9.17, 15) is 0 Å². The van der Waals surface area contributed by atoms with Gasteiger partial charge in [0, 0.05) is 16.4 Å². The van der Waals surface area contributed by atoms with E-state index in [0.717, 1.165) is 22.4 Å². The minimum absolute atomic E-state index is 0.892. The van der Waals surface area contributed by atoms with Crippen molar-refractivity contribution in [1.29, 1.82) is 0 Å². The molecule has 0 amide bonds. The maximum Gasteiger partial charge on any atom is 0.129 e. The van der Waals surface area contributed by atoms with E-state index < -0.39 is 0 Å². The summed E-state index contributed by atoms with van der Waals surface area (Å²) < 4.78 is 1.06. The summed E-state index contributed by atoms with van der Waals surface area (Å²) in [7, 11) is 0. The first-order valence-corrected chi connectivity index (χ1v) is 6.22. The number of rotatable bonds is 2. The molecule has 0 aliphatic heterocycles. The van der Waals surface area contributed by atoms with E-state index >= 15 is 0 Å². The Kier molecular flexibility index (Phi) is 3.15. The molecule has 1 aromatic carbocycles. The molecule has 0 unspecified atom stereocenters. The number of hydrogen-bond acceptors (Lipinski definition) is 2. The summed E-state index contributed by atoms with van der Waals surface area (Å²) in [5.74, 6) is 0.972. The van der Waals surface area contributed by atoms with Gasteiger partial charge in [0.25, 0.3) is 0 Å². The lowest BCUT2D eigenvalue weighted by Gasteiger charge is -2.09. The third-order valence-electron chi connectivity index (χ3n) is 2.55. The first-order valence-electron chi connectivity index (χ1n) is 5.43. The molecule has 0 spiro atoms. The average Bonchev–Trinajstić information content (AvgIpc) is 2.20. The van der Waals surface area contributed by atoms with Gasteiger partial charge in [0.2, 0.25) is 0 Å². The Hall–Kier alpha value is -1.09. The van der Waals surface area contributed by atoms with Crippen LogP contribution in [0.4, 0.5) is 5.82 Å². The summed E-state index contributed by atoms with van der Waals surface area (Å²) in [5.41, 5.74) is 3.45. The van der Waals surface area contributed by atoms with Gasteiger partial charge in [-0.2, -0.15) is 0 Å². The van der Waals surface area contributed by atoms with Gasteiger partial charge in [-0.25, -0.2) is 4.98 Å². The highest BCUT2D eigenvalue weighted by Crippen LogP contribution is 2.27. The number of hydrogen-bond donors (Lipinski definition) is 1. The van der Waals surface area contributed by atoms with Crippen molar-refractivity contribution >= 4 is 32.7 Å². The Morgan fingerprint density at radius 1 is 1.25 bits per heavy atom. The molecule has 0 atom stereocenters. The quantitative estimate of drug-likeness (QED) is 0.897. The molecule has 0 bridgehead atoms. The van der Waals surface area contributed by atoms with Gasteiger partial charge in [0.15, 0.2) is 0 Å². The number of halogens is 1. The molecule has 0 fully saturated rings. The lowest BCUT2D eigenvalue weighted by Crippen LogP contribution is -2.01. The van der Waals surface area contributed by atoms with Gasteiger partial charge in [0.1, 0.15) is 5.82 Å². The average molecular weight is 279 g/mol. The molecule has 2 aromatic rings. The number of aromatic nitrogens is 1. The summed E-state index contributed by atoms with van der Waals surface area (Å²) in [6.07, 6.45) is 0. The smallest absolute Gasteiger partial charge is 0.129 e. The number of fused-ring (bicyclic) bond motifs is 1. The second-order valence-corrected chi connectivity index (χ2v) is 4.86. The van der Waals surface area contributed by atoms with Crippen LogP contribution >= 0.6 is 15.9 Å². The molecule has 16 heavy (non-hydrogen) atoms. The topological polar surface area (TPSA) is 24.9 Å². The molecule has 1 N–H and O–H groups in total. The van der Waals surface area contributed by atoms with Crippen molar-refractivity contribution in [3.05, 3.63) is 33.8 Å². The Morgan fingerprint density at radius 2 is 2.00 bits per heavy atom. The minimum Gasteiger partial charge on any atom is -0.370 e. The molecule has 0 aliphatic rings. The predicted molar refractivity (Wildman–Crippen MR) is 73.1 cm³/mol. The van der Waals surface area contributed by atoms with Crippen molar-refractivity contribution in [3.63, 3.8) is 0 Å². The maximum absolute atomic E-state index is 4.65. The lowest BCUT2D eigenvalue weighted by molar-refractivity contribution is 1.15. The summed E-state index contributed by atoms with van der Waals surface area (Å²) >= 11 is 3.57. The highest BCUT2D eigenvalue weighted by atomic mass is 79.9. The number of pyridine rings is 1. The zero-order chi connectivity index (χ0) is 11.7. The third kappa shape index (κ3) is 2.05. The molecule has 1 aromatic heterocycles. The van der Waals surface area contributed by atoms with Crippen LogP contribution in [0.3, 0.4) is 0 Å². The van der Waals surface area contributed by atoms with Crippen molar-refractivity contribution in [2.45, 2.75) is 20.8 Å². The highest BCUT2D eigenvalue weighted by Gasteiger charge is 2.06. The summed E-state index contributed by atoms with van der Waals surface area (Å²) in [5, 5.41) is 4.46. The van der Waals surface area contributed by atoms with Gasteiger partial charge in [0.05, 0.1) is 5.52 Å². The molecule has 0 aliphatic carbocycles. The SMILES string of the molecule is CCNc1nc2c(Br)cc(C)cc2cc1C. The number of benzene rings is 1. The number of nitrogens with zero attached hydrogens (tertiary/aromatic N) is 1. The fourth-order valence-electron chi connectivity index (χ4n) is 1.84. The Bertz CT molecular complexity index is 535. The van der Waals surface area contributed by atoms with Crippen molar-refractivity contribution in [2.24, 2.45) is 0 Å². The molecule has 0 radical (unpaired) electrons. The molecule has 2 rings (SSSR count). The van der Waals surface area contributed by atoms with E-state index in [0.29, 0.717) is 0 Å². The monoisotopic (exact) mass is 278 g/mol. The van der Waals surface area contributed by atoms with Crippen molar-refractivity contribution < 1.29 is 0 Å². The fraction of sp³-hybridized carbons (Fsp3) is 0.308. The zero-order valence-corrected chi connectivity index (χ0v) is 11.4. The fourth-order valence-corrected chi connectivity index (χ4v) is 2.52. The minimum atomic E-state index is 0.892. The van der Waals surface area contributed by atoms with E-state index in [4.69, 9.17) is 0 Å². The van der Waals surface area contributed by atoms with Crippen LogP contribution in [0.1, 0.15) is 18.1 Å². The van der Waals surface area contributed by atoms with E-state index in [1.807, 2.05) is 0 Å². The van der Waals surface area contributed by atoms with Crippen molar-refractivity contribution in [1.82, 2.24) is 4.98 Å². The van der Waals surface area contributed by atoms with Crippen LogP contribution in [-0.4, -0.2) is 11.5 Å². The van der Waals surface area contributed by atoms with Crippen molar-refractivity contribution in [2.75, 3.05) is 11.9 Å². The molecule has 3 heteroatoms. The first-order chi connectivity index (χ1) is 7.61. The second kappa shape index (κ2) is 4.42. The summed E-state index contributed by atoms with van der Waals surface area (Å²) in [4.78, 5) is 4.65. The van der Waals surface area contributed by atoms with Crippen LogP contribution in [0.25, 0.3) is 10.9 Å². The van der Waals surface area contributed by atoms with E-state index in [2.05, 4.69) is 65.2 Å². The van der Waals surface area contributed by atoms with Crippen LogP contribution in [-0.2, 0) is 0 Å². The summed E-state index contributed by atoms with van der Waals surface area (Å²) in [6, 6.07) is 6.44. The van der Waals surface area contributed by atoms with Gasteiger partial charge >= 0.3 is 0 Å². The molecular formula is C13H15BrN2. The molecular weight excluding hydrogens is 264 g/mol. The normalized spacial score (nSPS) is 10.8. The molecule has 2 nitrogen and oxygen atoms in total. The van der Waals surface area contributed by atoms with Gasteiger partial charge < -0.3 is 5.32 Å². The number of aryl methyl sites for hydroxylation is 2. The van der Waals surface area contributed by atoms with Crippen LogP contribution in [0.2, 0.25) is 0 Å². The largest absolute Gasteiger partial charge is 0.370 e. The number of anilines is 1. The van der Waals surface area contributed by atoms with E-state index in [1.54, 1.807) is 0 Å². The predicted octanol–water partition coefficient (Wildman–Crippen LogP) is 4.05. The molecule has 0 saturated carbocycles. The molecule has 84 valence electrons. The van der Waals surface area contributed by atoms with Gasteiger partial charge in [-0.15, -0.1) is 0 Å². The highest BCUT2D eigenvalue weighted by molar-refractivity contribution is 9.10. The summed E-state index contributed by atoms with van der Waals surface area (Å²) in [6.45, 7) is 7.15. The van der Waals surface area contributed by atoms with E-state index in [1.165, 1.54) is 16.5 Å². The van der Waals surface area contributed by atoms with Crippen LogP contribution in [0.15, 0.2) is 22.7 Å². The zero-order valence-electron chi connectivity index (χ0n) is 9.76.